The number of nitrogens with zero attached hydrogens (tertiary/aromatic N) is 5. The van der Waals surface area contributed by atoms with Gasteiger partial charge >= 0.3 is 0 Å². The number of aliphatic hydroxyl groups excluding tert-OH is 1. The first kappa shape index (κ1) is 35.5. The third-order valence-electron chi connectivity index (χ3n) is 3.16. The second-order valence-corrected chi connectivity index (χ2v) is 5.33. The third-order valence-corrected chi connectivity index (χ3v) is 3.16. The summed E-state index contributed by atoms with van der Waals surface area (Å²) in [6.45, 7) is 9.19. The van der Waals surface area contributed by atoms with E-state index >= 15 is 0 Å². The van der Waals surface area contributed by atoms with Crippen molar-refractivity contribution in [2.75, 3.05) is 6.61 Å². The van der Waals surface area contributed by atoms with E-state index in [0.29, 0.717) is 6.42 Å². The minimum absolute atomic E-state index is 0. The normalized spacial score (nSPS) is 12.2. The van der Waals surface area contributed by atoms with Crippen molar-refractivity contribution in [3.63, 3.8) is 0 Å². The zero-order valence-electron chi connectivity index (χ0n) is 17.9. The minimum Gasteiger partial charge on any atom is -0.792 e. The van der Waals surface area contributed by atoms with Crippen LogP contribution in [0.25, 0.3) is 0 Å². The predicted octanol–water partition coefficient (Wildman–Crippen LogP) is 3.00. The van der Waals surface area contributed by atoms with Gasteiger partial charge in [-0.25, -0.2) is 5.26 Å². The molecule has 0 spiro atoms. The topological polar surface area (TPSA) is 206 Å². The van der Waals surface area contributed by atoms with E-state index in [0.717, 1.165) is 5.56 Å². The van der Waals surface area contributed by atoms with Crippen LogP contribution in [0.4, 0.5) is 0 Å². The van der Waals surface area contributed by atoms with Gasteiger partial charge in [-0.15, -0.1) is 0 Å². The van der Waals surface area contributed by atoms with Crippen LogP contribution in [-0.2, 0) is 16.8 Å². The van der Waals surface area contributed by atoms with Crippen LogP contribution in [0.5, 0.6) is 0 Å². The van der Waals surface area contributed by atoms with Crippen LogP contribution in [-0.4, -0.2) is 45.0 Å². The van der Waals surface area contributed by atoms with Crippen molar-refractivity contribution in [1.82, 2.24) is 0 Å². The summed E-state index contributed by atoms with van der Waals surface area (Å²) in [5.41, 5.74) is 7.42. The van der Waals surface area contributed by atoms with Gasteiger partial charge in [-0.1, -0.05) is 47.1 Å². The van der Waals surface area contributed by atoms with Gasteiger partial charge in [-0.05, 0) is 33.3 Å². The summed E-state index contributed by atoms with van der Waals surface area (Å²) in [5, 5.41) is 62.0. The molecule has 0 aliphatic rings. The Kier molecular flexibility index (Phi) is 28.7. The summed E-state index contributed by atoms with van der Waals surface area (Å²) in [4.78, 5) is 0. The van der Waals surface area contributed by atoms with Gasteiger partial charge in [0.05, 0.1) is 35.5 Å². The Balaban J connectivity index is -0.000000161. The number of oxime groups is 2. The Labute approximate surface area is 193 Å². The zero-order valence-corrected chi connectivity index (χ0v) is 18.9. The average molecular weight is 480 g/mol. The average Bonchev–Trinajstić information content (AvgIpc) is 2.82. The van der Waals surface area contributed by atoms with E-state index in [4.69, 9.17) is 26.5 Å². The Hall–Kier alpha value is -2.98. The van der Waals surface area contributed by atoms with E-state index in [2.05, 4.69) is 27.5 Å². The summed E-state index contributed by atoms with van der Waals surface area (Å²) >= 11 is 0. The van der Waals surface area contributed by atoms with Crippen LogP contribution in [0.3, 0.4) is 0 Å². The molecule has 0 saturated heterocycles. The number of benzene rings is 1. The zero-order chi connectivity index (χ0) is 23.9. The summed E-state index contributed by atoms with van der Waals surface area (Å²) in [7, 11) is 0. The van der Waals surface area contributed by atoms with Gasteiger partial charge in [-0.2, -0.15) is 0 Å². The van der Waals surface area contributed by atoms with E-state index in [1.54, 1.807) is 0 Å². The van der Waals surface area contributed by atoms with Crippen LogP contribution in [0.15, 0.2) is 51.0 Å². The maximum absolute atomic E-state index is 9.63. The van der Waals surface area contributed by atoms with Gasteiger partial charge in [0.15, 0.2) is 0 Å². The second-order valence-electron chi connectivity index (χ2n) is 5.33. The molecule has 0 aromatic heterocycles. The first-order valence-electron chi connectivity index (χ1n) is 8.49. The third kappa shape index (κ3) is 21.5. The molecule has 1 atom stereocenters. The van der Waals surface area contributed by atoms with Crippen molar-refractivity contribution in [1.29, 1.82) is 5.26 Å². The van der Waals surface area contributed by atoms with Gasteiger partial charge in [0.1, 0.15) is 0 Å². The van der Waals surface area contributed by atoms with E-state index in [1.165, 1.54) is 27.7 Å². The summed E-state index contributed by atoms with van der Waals surface area (Å²) < 4.78 is 0. The molecule has 1 rings (SSSR count). The van der Waals surface area contributed by atoms with E-state index in [9.17, 15) is 10.4 Å². The molecule has 177 valence electrons. The molecule has 0 aliphatic heterocycles. The Bertz CT molecular complexity index is 654. The molecule has 11 nitrogen and oxygen atoms in total. The van der Waals surface area contributed by atoms with Gasteiger partial charge in [0, 0.05) is 22.8 Å². The van der Waals surface area contributed by atoms with Crippen LogP contribution in [0.1, 0.15) is 45.7 Å². The molecular weight excluding hydrogens is 451 g/mol. The van der Waals surface area contributed by atoms with Crippen molar-refractivity contribution in [2.24, 2.45) is 26.4 Å². The Morgan fingerprint density at radius 3 is 1.55 bits per heavy atom. The van der Waals surface area contributed by atoms with Gasteiger partial charge in [0.25, 0.3) is 0 Å². The minimum atomic E-state index is -0.235. The van der Waals surface area contributed by atoms with Crippen LogP contribution < -0.4 is 5.73 Å². The standard InChI is InChI=1S/C8H11NO.2C4H8N2O2.C3H4N.Co/c9-8(6-10)7-4-2-1-3-5-7;2*1-3(5-7)4(2)6-8;1-2-3-4;/h1-5,8,10H,6,9H2;2*7-8H,1-2H3;1-2H2;/q;;;-1;/p-2/b;2*5-3+,6-4+;;/t8-;;;;/m0..../s1. The van der Waals surface area contributed by atoms with Crippen molar-refractivity contribution >= 4 is 22.8 Å². The number of nitriles is 1. The molecule has 1 radical (unpaired) electrons. The van der Waals surface area contributed by atoms with Crippen molar-refractivity contribution < 1.29 is 32.3 Å². The van der Waals surface area contributed by atoms with Gasteiger partial charge in [0.2, 0.25) is 0 Å². The van der Waals surface area contributed by atoms with Crippen molar-refractivity contribution in [3.8, 4) is 6.07 Å². The summed E-state index contributed by atoms with van der Waals surface area (Å²) in [6.07, 6.45) is 0.375. The summed E-state index contributed by atoms with van der Waals surface area (Å²) in [5.74, 6) is 0. The van der Waals surface area contributed by atoms with E-state index in [1.807, 2.05) is 36.4 Å². The van der Waals surface area contributed by atoms with Crippen LogP contribution in [0.2, 0.25) is 0 Å². The number of nitrogens with two attached hydrogens (primary N) is 1. The maximum atomic E-state index is 9.63. The molecule has 0 bridgehead atoms. The quantitative estimate of drug-likeness (QED) is 0.219. The van der Waals surface area contributed by atoms with Crippen LogP contribution in [0, 0.1) is 28.7 Å². The molecule has 0 fully saturated rings. The Morgan fingerprint density at radius 2 is 1.35 bits per heavy atom. The largest absolute Gasteiger partial charge is 0.792 e. The van der Waals surface area contributed by atoms with Crippen LogP contribution >= 0.6 is 0 Å². The van der Waals surface area contributed by atoms with E-state index < -0.39 is 0 Å². The molecular formula is C19H29CoN6O5-3. The second kappa shape index (κ2) is 25.1. The Morgan fingerprint density at radius 1 is 1.00 bits per heavy atom. The van der Waals surface area contributed by atoms with Crippen molar-refractivity contribution in [2.45, 2.75) is 40.2 Å². The van der Waals surface area contributed by atoms with Gasteiger partial charge in [-0.3, -0.25) is 0 Å². The maximum Gasteiger partial charge on any atom is 0.0967 e. The van der Waals surface area contributed by atoms with E-state index in [-0.39, 0.29) is 52.3 Å². The fourth-order valence-corrected chi connectivity index (χ4v) is 1.08. The molecule has 0 amide bonds. The monoisotopic (exact) mass is 480 g/mol. The predicted molar refractivity (Wildman–Crippen MR) is 119 cm³/mol. The van der Waals surface area contributed by atoms with Crippen molar-refractivity contribution in [3.05, 3.63) is 53.2 Å². The molecule has 1 aromatic rings. The number of hydrogen-bond acceptors (Lipinski definition) is 11. The number of hydrogen-bond donors (Lipinski definition) is 4. The molecule has 1 aromatic carbocycles. The number of rotatable bonds is 4. The fourth-order valence-electron chi connectivity index (χ4n) is 1.08. The molecule has 0 aliphatic carbocycles. The van der Waals surface area contributed by atoms with Gasteiger partial charge < -0.3 is 48.9 Å². The fraction of sp³-hybridized carbons (Fsp3) is 0.368. The first-order chi connectivity index (χ1) is 14.2. The number of aliphatic hydroxyl groups is 1. The SMILES string of the molecule is CC(=N\[O-])/C(C)=N/O.CC(=N\[O-])/C(C)=N/O.N[C@@H](CO)c1ccccc1.[CH2-]CC#N.[Co]. The summed E-state index contributed by atoms with van der Waals surface area (Å²) in [6, 6.07) is 11.1. The first-order valence-corrected chi connectivity index (χ1v) is 8.49. The molecule has 12 heteroatoms. The molecule has 0 heterocycles. The molecule has 5 N–H and O–H groups in total. The smallest absolute Gasteiger partial charge is 0.0967 e. The molecule has 0 unspecified atom stereocenters. The molecule has 31 heavy (non-hydrogen) atoms. The molecule has 0 saturated carbocycles.